The monoisotopic (exact) mass is 308 g/mol. The van der Waals surface area contributed by atoms with Gasteiger partial charge in [0.05, 0.1) is 4.99 Å². The minimum Gasteiger partial charge on any atom is -0.392 e. The van der Waals surface area contributed by atoms with Gasteiger partial charge in [-0.25, -0.2) is 13.1 Å². The van der Waals surface area contributed by atoms with Gasteiger partial charge in [-0.15, -0.1) is 0 Å². The maximum absolute atomic E-state index is 11.9. The lowest BCUT2D eigenvalue weighted by Crippen LogP contribution is -2.41. The molecule has 1 unspecified atom stereocenters. The van der Waals surface area contributed by atoms with Crippen molar-refractivity contribution in [2.45, 2.75) is 64.5 Å². The molecule has 0 fully saturated rings. The molecule has 0 aromatic rings. The lowest BCUT2D eigenvalue weighted by Gasteiger charge is -2.15. The first-order valence-electron chi connectivity index (χ1n) is 7.09. The van der Waals surface area contributed by atoms with Crippen LogP contribution < -0.4 is 10.5 Å². The molecular formula is C13H28N2O2S2. The van der Waals surface area contributed by atoms with E-state index >= 15 is 0 Å². The Kier molecular flexibility index (Phi) is 9.56. The van der Waals surface area contributed by atoms with E-state index in [0.29, 0.717) is 13.0 Å². The van der Waals surface area contributed by atoms with Crippen molar-refractivity contribution in [3.05, 3.63) is 0 Å². The zero-order chi connectivity index (χ0) is 14.9. The van der Waals surface area contributed by atoms with Gasteiger partial charge in [0.15, 0.2) is 0 Å². The van der Waals surface area contributed by atoms with Crippen LogP contribution in [0.4, 0.5) is 0 Å². The van der Waals surface area contributed by atoms with E-state index in [1.807, 2.05) is 0 Å². The van der Waals surface area contributed by atoms with Crippen LogP contribution in [-0.4, -0.2) is 25.2 Å². The van der Waals surface area contributed by atoms with Crippen LogP contribution in [0, 0.1) is 5.92 Å². The molecule has 0 aliphatic carbocycles. The van der Waals surface area contributed by atoms with E-state index in [4.69, 9.17) is 18.0 Å². The van der Waals surface area contributed by atoms with Crippen LogP contribution in [0.15, 0.2) is 0 Å². The van der Waals surface area contributed by atoms with Gasteiger partial charge in [0, 0.05) is 6.54 Å². The second-order valence-corrected chi connectivity index (χ2v) is 7.75. The highest BCUT2D eigenvalue weighted by molar-refractivity contribution is 7.93. The third kappa shape index (κ3) is 8.55. The first kappa shape index (κ1) is 18.8. The summed E-state index contributed by atoms with van der Waals surface area (Å²) in [6, 6.07) is 0. The summed E-state index contributed by atoms with van der Waals surface area (Å²) in [5.74, 6) is 0.745. The number of unbranched alkanes of at least 4 members (excludes halogenated alkanes) is 3. The molecule has 0 aliphatic rings. The van der Waals surface area contributed by atoms with E-state index in [2.05, 4.69) is 18.6 Å². The highest BCUT2D eigenvalue weighted by atomic mass is 32.2. The van der Waals surface area contributed by atoms with E-state index in [1.165, 1.54) is 12.8 Å². The standard InChI is InChI=1S/C13H28N2O2S2/c1-4-12(13(14)18)19(16,17)15-10-8-6-5-7-9-11(2)3/h11-12,15H,4-10H2,1-3H3,(H2,14,18). The van der Waals surface area contributed by atoms with Crippen LogP contribution in [0.1, 0.15) is 59.3 Å². The Morgan fingerprint density at radius 2 is 1.79 bits per heavy atom. The lowest BCUT2D eigenvalue weighted by atomic mass is 10.0. The summed E-state index contributed by atoms with van der Waals surface area (Å²) in [6.07, 6.45) is 5.95. The second-order valence-electron chi connectivity index (χ2n) is 5.34. The smallest absolute Gasteiger partial charge is 0.220 e. The molecule has 114 valence electrons. The van der Waals surface area contributed by atoms with Gasteiger partial charge < -0.3 is 5.73 Å². The van der Waals surface area contributed by atoms with Gasteiger partial charge in [0.1, 0.15) is 5.25 Å². The van der Waals surface area contributed by atoms with Crippen LogP contribution >= 0.6 is 12.2 Å². The molecule has 6 heteroatoms. The topological polar surface area (TPSA) is 72.2 Å². The SMILES string of the molecule is CCC(C(N)=S)S(=O)(=O)NCCCCCCC(C)C. The summed E-state index contributed by atoms with van der Waals surface area (Å²) >= 11 is 4.78. The zero-order valence-corrected chi connectivity index (χ0v) is 13.9. The van der Waals surface area contributed by atoms with Crippen molar-refractivity contribution in [3.8, 4) is 0 Å². The molecule has 0 bridgehead atoms. The molecule has 0 aromatic heterocycles. The summed E-state index contributed by atoms with van der Waals surface area (Å²) in [6.45, 7) is 6.68. The Hall–Kier alpha value is -0.200. The van der Waals surface area contributed by atoms with Gasteiger partial charge in [-0.1, -0.05) is 58.7 Å². The number of thiocarbonyl (C=S) groups is 1. The minimum atomic E-state index is -3.39. The fourth-order valence-electron chi connectivity index (χ4n) is 1.92. The largest absolute Gasteiger partial charge is 0.392 e. The van der Waals surface area contributed by atoms with E-state index in [1.54, 1.807) is 6.92 Å². The molecular weight excluding hydrogens is 280 g/mol. The van der Waals surface area contributed by atoms with Crippen molar-refractivity contribution in [3.63, 3.8) is 0 Å². The fourth-order valence-corrected chi connectivity index (χ4v) is 3.84. The van der Waals surface area contributed by atoms with Crippen LogP contribution in [0.25, 0.3) is 0 Å². The molecule has 0 aromatic carbocycles. The number of nitrogens with two attached hydrogens (primary N) is 1. The number of hydrogen-bond donors (Lipinski definition) is 2. The number of nitrogens with one attached hydrogen (secondary N) is 1. The van der Waals surface area contributed by atoms with Crippen LogP contribution in [-0.2, 0) is 10.0 Å². The molecule has 0 radical (unpaired) electrons. The van der Waals surface area contributed by atoms with Crippen LogP contribution in [0.5, 0.6) is 0 Å². The van der Waals surface area contributed by atoms with Gasteiger partial charge in [0.2, 0.25) is 10.0 Å². The molecule has 0 spiro atoms. The maximum atomic E-state index is 11.9. The average molecular weight is 309 g/mol. The quantitative estimate of drug-likeness (QED) is 0.454. The van der Waals surface area contributed by atoms with Crippen molar-refractivity contribution >= 4 is 27.2 Å². The van der Waals surface area contributed by atoms with Gasteiger partial charge in [0.25, 0.3) is 0 Å². The Morgan fingerprint density at radius 1 is 1.21 bits per heavy atom. The predicted molar refractivity (Wildman–Crippen MR) is 85.7 cm³/mol. The highest BCUT2D eigenvalue weighted by Gasteiger charge is 2.25. The van der Waals surface area contributed by atoms with E-state index in [9.17, 15) is 8.42 Å². The van der Waals surface area contributed by atoms with Gasteiger partial charge >= 0.3 is 0 Å². The number of hydrogen-bond acceptors (Lipinski definition) is 3. The van der Waals surface area contributed by atoms with Gasteiger partial charge in [-0.2, -0.15) is 0 Å². The van der Waals surface area contributed by atoms with Crippen LogP contribution in [0.2, 0.25) is 0 Å². The lowest BCUT2D eigenvalue weighted by molar-refractivity contribution is 0.517. The Bertz CT molecular complexity index is 354. The molecule has 1 atom stereocenters. The average Bonchev–Trinajstić information content (AvgIpc) is 2.27. The molecule has 19 heavy (non-hydrogen) atoms. The van der Waals surface area contributed by atoms with E-state index in [-0.39, 0.29) is 4.99 Å². The molecule has 4 nitrogen and oxygen atoms in total. The third-order valence-electron chi connectivity index (χ3n) is 3.07. The van der Waals surface area contributed by atoms with Crippen molar-refractivity contribution in [1.82, 2.24) is 4.72 Å². The van der Waals surface area contributed by atoms with Crippen molar-refractivity contribution in [1.29, 1.82) is 0 Å². The fraction of sp³-hybridized carbons (Fsp3) is 0.923. The summed E-state index contributed by atoms with van der Waals surface area (Å²) < 4.78 is 26.4. The minimum absolute atomic E-state index is 0.0481. The van der Waals surface area contributed by atoms with Crippen molar-refractivity contribution in [2.24, 2.45) is 11.7 Å². The molecule has 0 saturated carbocycles. The van der Waals surface area contributed by atoms with Crippen molar-refractivity contribution < 1.29 is 8.42 Å². The second kappa shape index (κ2) is 9.66. The maximum Gasteiger partial charge on any atom is 0.220 e. The predicted octanol–water partition coefficient (Wildman–Crippen LogP) is 2.58. The Balaban J connectivity index is 3.84. The van der Waals surface area contributed by atoms with E-state index < -0.39 is 15.3 Å². The third-order valence-corrected chi connectivity index (χ3v) is 5.45. The summed E-state index contributed by atoms with van der Waals surface area (Å²) in [4.78, 5) is 0.0481. The molecule has 3 N–H and O–H groups in total. The molecule has 0 saturated heterocycles. The highest BCUT2D eigenvalue weighted by Crippen LogP contribution is 2.09. The number of rotatable bonds is 11. The molecule has 0 rings (SSSR count). The summed E-state index contributed by atoms with van der Waals surface area (Å²) in [5.41, 5.74) is 5.44. The Labute approximate surface area is 123 Å². The molecule has 0 aliphatic heterocycles. The van der Waals surface area contributed by atoms with Crippen LogP contribution in [0.3, 0.4) is 0 Å². The van der Waals surface area contributed by atoms with E-state index in [0.717, 1.165) is 25.2 Å². The first-order chi connectivity index (χ1) is 8.81. The first-order valence-corrected chi connectivity index (χ1v) is 9.04. The molecule has 0 heterocycles. The van der Waals surface area contributed by atoms with Crippen molar-refractivity contribution in [2.75, 3.05) is 6.54 Å². The normalized spacial score (nSPS) is 13.7. The zero-order valence-electron chi connectivity index (χ0n) is 12.3. The molecule has 0 amide bonds. The summed E-state index contributed by atoms with van der Waals surface area (Å²) in [5, 5.41) is -0.747. The van der Waals surface area contributed by atoms with Gasteiger partial charge in [-0.3, -0.25) is 0 Å². The number of sulfonamides is 1. The Morgan fingerprint density at radius 3 is 2.26 bits per heavy atom. The van der Waals surface area contributed by atoms with Gasteiger partial charge in [-0.05, 0) is 18.8 Å². The summed E-state index contributed by atoms with van der Waals surface area (Å²) in [7, 11) is -3.39.